The summed E-state index contributed by atoms with van der Waals surface area (Å²) in [6.07, 6.45) is -0.893. The lowest BCUT2D eigenvalue weighted by Gasteiger charge is -2.17. The van der Waals surface area contributed by atoms with Crippen molar-refractivity contribution in [3.05, 3.63) is 52.3 Å². The van der Waals surface area contributed by atoms with Gasteiger partial charge in [0.15, 0.2) is 17.6 Å². The predicted octanol–water partition coefficient (Wildman–Crippen LogP) is 4.26. The number of nitriles is 1. The van der Waals surface area contributed by atoms with Crippen molar-refractivity contribution >= 4 is 27.5 Å². The number of ether oxygens (including phenoxy) is 2. The van der Waals surface area contributed by atoms with Crippen LogP contribution in [0.5, 0.6) is 11.5 Å². The minimum Gasteiger partial charge on any atom is -0.490 e. The molecule has 5 nitrogen and oxygen atoms in total. The van der Waals surface area contributed by atoms with Gasteiger partial charge in [-0.15, -0.1) is 0 Å². The van der Waals surface area contributed by atoms with Crippen LogP contribution in [0.2, 0.25) is 0 Å². The number of anilines is 1. The molecule has 1 N–H and O–H groups in total. The number of hydrogen-bond donors (Lipinski definition) is 1. The van der Waals surface area contributed by atoms with Crippen LogP contribution in [0.25, 0.3) is 0 Å². The summed E-state index contributed by atoms with van der Waals surface area (Å²) in [6, 6.07) is 11.0. The van der Waals surface area contributed by atoms with Gasteiger partial charge in [0, 0.05) is 10.5 Å². The Morgan fingerprint density at radius 3 is 2.72 bits per heavy atom. The van der Waals surface area contributed by atoms with Gasteiger partial charge in [-0.25, -0.2) is 4.39 Å². The van der Waals surface area contributed by atoms with E-state index in [2.05, 4.69) is 21.2 Å². The highest BCUT2D eigenvalue weighted by molar-refractivity contribution is 9.10. The van der Waals surface area contributed by atoms with Gasteiger partial charge in [0.05, 0.1) is 23.9 Å². The smallest absolute Gasteiger partial charge is 0.265 e. The first-order valence-electron chi connectivity index (χ1n) is 7.54. The highest BCUT2D eigenvalue weighted by Gasteiger charge is 2.19. The van der Waals surface area contributed by atoms with E-state index >= 15 is 0 Å². The van der Waals surface area contributed by atoms with Gasteiger partial charge in [0.25, 0.3) is 5.91 Å². The molecule has 0 unspecified atom stereocenters. The van der Waals surface area contributed by atoms with Crippen LogP contribution in [0.1, 0.15) is 19.4 Å². The van der Waals surface area contributed by atoms with Crippen LogP contribution in [0.15, 0.2) is 40.9 Å². The largest absolute Gasteiger partial charge is 0.490 e. The molecule has 0 aromatic heterocycles. The third-order valence-corrected chi connectivity index (χ3v) is 3.73. The molecule has 130 valence electrons. The SMILES string of the molecule is CCOc1cc(C#N)ccc1O[C@H](C)C(=O)Nc1ccc(Br)cc1F. The number of rotatable bonds is 6. The lowest BCUT2D eigenvalue weighted by Crippen LogP contribution is -2.30. The second kappa shape index (κ2) is 8.49. The van der Waals surface area contributed by atoms with Crippen LogP contribution in [0, 0.1) is 17.1 Å². The number of carbonyl (C=O) groups excluding carboxylic acids is 1. The van der Waals surface area contributed by atoms with Crippen LogP contribution < -0.4 is 14.8 Å². The topological polar surface area (TPSA) is 71.3 Å². The molecule has 0 saturated carbocycles. The molecular formula is C18H16BrFN2O3. The standard InChI is InChI=1S/C18H16BrFN2O3/c1-3-24-17-8-12(10-21)4-7-16(17)25-11(2)18(23)22-15-6-5-13(19)9-14(15)20/h4-9,11H,3H2,1-2H3,(H,22,23)/t11-/m1/s1. The van der Waals surface area contributed by atoms with Gasteiger partial charge in [-0.3, -0.25) is 4.79 Å². The van der Waals surface area contributed by atoms with E-state index < -0.39 is 17.8 Å². The van der Waals surface area contributed by atoms with Crippen molar-refractivity contribution in [3.8, 4) is 17.6 Å². The first-order chi connectivity index (χ1) is 11.9. The number of benzene rings is 2. The normalized spacial score (nSPS) is 11.3. The Morgan fingerprint density at radius 2 is 2.08 bits per heavy atom. The summed E-state index contributed by atoms with van der Waals surface area (Å²) in [5, 5.41) is 11.4. The van der Waals surface area contributed by atoms with Crippen molar-refractivity contribution in [2.45, 2.75) is 20.0 Å². The van der Waals surface area contributed by atoms with E-state index in [1.165, 1.54) is 18.2 Å². The van der Waals surface area contributed by atoms with E-state index in [0.29, 0.717) is 28.1 Å². The monoisotopic (exact) mass is 406 g/mol. The van der Waals surface area contributed by atoms with Gasteiger partial charge in [0.1, 0.15) is 5.82 Å². The number of halogens is 2. The maximum absolute atomic E-state index is 13.8. The molecule has 25 heavy (non-hydrogen) atoms. The average molecular weight is 407 g/mol. The highest BCUT2D eigenvalue weighted by atomic mass is 79.9. The second-order valence-electron chi connectivity index (χ2n) is 5.08. The summed E-state index contributed by atoms with van der Waals surface area (Å²) in [7, 11) is 0. The van der Waals surface area contributed by atoms with Gasteiger partial charge >= 0.3 is 0 Å². The zero-order chi connectivity index (χ0) is 18.4. The summed E-state index contributed by atoms with van der Waals surface area (Å²) in [5.74, 6) is -0.355. The molecule has 2 aromatic rings. The minimum absolute atomic E-state index is 0.0634. The minimum atomic E-state index is -0.893. The summed E-state index contributed by atoms with van der Waals surface area (Å²) >= 11 is 3.16. The quantitative estimate of drug-likeness (QED) is 0.777. The molecule has 0 aliphatic carbocycles. The average Bonchev–Trinajstić information content (AvgIpc) is 2.59. The molecule has 1 atom stereocenters. The molecule has 0 aliphatic heterocycles. The van der Waals surface area contributed by atoms with Gasteiger partial charge in [0.2, 0.25) is 0 Å². The fourth-order valence-electron chi connectivity index (χ4n) is 2.01. The maximum Gasteiger partial charge on any atom is 0.265 e. The number of nitrogens with zero attached hydrogens (tertiary/aromatic N) is 1. The molecule has 7 heteroatoms. The molecule has 0 fully saturated rings. The van der Waals surface area contributed by atoms with Crippen molar-refractivity contribution in [2.75, 3.05) is 11.9 Å². The van der Waals surface area contributed by atoms with E-state index in [1.807, 2.05) is 6.07 Å². The molecule has 0 heterocycles. The fraction of sp³-hybridized carbons (Fsp3) is 0.222. The zero-order valence-electron chi connectivity index (χ0n) is 13.7. The molecule has 2 aromatic carbocycles. The van der Waals surface area contributed by atoms with E-state index in [0.717, 1.165) is 0 Å². The molecule has 0 bridgehead atoms. The van der Waals surface area contributed by atoms with Crippen LogP contribution in [0.4, 0.5) is 10.1 Å². The first-order valence-corrected chi connectivity index (χ1v) is 8.33. The van der Waals surface area contributed by atoms with E-state index in [9.17, 15) is 9.18 Å². The Bertz CT molecular complexity index is 820. The molecule has 0 radical (unpaired) electrons. The third-order valence-electron chi connectivity index (χ3n) is 3.23. The highest BCUT2D eigenvalue weighted by Crippen LogP contribution is 2.29. The Morgan fingerprint density at radius 1 is 1.32 bits per heavy atom. The van der Waals surface area contributed by atoms with E-state index in [1.54, 1.807) is 32.0 Å². The molecule has 0 aliphatic rings. The second-order valence-corrected chi connectivity index (χ2v) is 6.00. The van der Waals surface area contributed by atoms with Gasteiger partial charge in [-0.1, -0.05) is 15.9 Å². The Hall–Kier alpha value is -2.59. The van der Waals surface area contributed by atoms with Crippen molar-refractivity contribution in [1.29, 1.82) is 5.26 Å². The van der Waals surface area contributed by atoms with Crippen LogP contribution in [-0.2, 0) is 4.79 Å². The summed E-state index contributed by atoms with van der Waals surface area (Å²) in [5.41, 5.74) is 0.485. The number of carbonyl (C=O) groups is 1. The Labute approximate surface area is 153 Å². The number of amides is 1. The van der Waals surface area contributed by atoms with Crippen molar-refractivity contribution in [1.82, 2.24) is 0 Å². The summed E-state index contributed by atoms with van der Waals surface area (Å²) in [4.78, 5) is 12.2. The lowest BCUT2D eigenvalue weighted by atomic mass is 10.2. The van der Waals surface area contributed by atoms with E-state index in [-0.39, 0.29) is 5.69 Å². The van der Waals surface area contributed by atoms with Gasteiger partial charge < -0.3 is 14.8 Å². The van der Waals surface area contributed by atoms with Crippen molar-refractivity contribution < 1.29 is 18.7 Å². The third kappa shape index (κ3) is 4.94. The summed E-state index contributed by atoms with van der Waals surface area (Å²) < 4.78 is 25.4. The lowest BCUT2D eigenvalue weighted by molar-refractivity contribution is -0.122. The molecule has 2 rings (SSSR count). The number of nitrogens with one attached hydrogen (secondary N) is 1. The fourth-order valence-corrected chi connectivity index (χ4v) is 2.35. The first kappa shape index (κ1) is 18.7. The predicted molar refractivity (Wildman–Crippen MR) is 95.1 cm³/mol. The van der Waals surface area contributed by atoms with Crippen LogP contribution >= 0.6 is 15.9 Å². The van der Waals surface area contributed by atoms with Gasteiger partial charge in [-0.05, 0) is 44.2 Å². The van der Waals surface area contributed by atoms with Crippen molar-refractivity contribution in [3.63, 3.8) is 0 Å². The Kier molecular flexibility index (Phi) is 6.37. The number of hydrogen-bond acceptors (Lipinski definition) is 4. The maximum atomic E-state index is 13.8. The van der Waals surface area contributed by atoms with Crippen LogP contribution in [-0.4, -0.2) is 18.6 Å². The van der Waals surface area contributed by atoms with Crippen LogP contribution in [0.3, 0.4) is 0 Å². The Balaban J connectivity index is 2.12. The molecule has 0 spiro atoms. The molecular weight excluding hydrogens is 391 g/mol. The van der Waals surface area contributed by atoms with E-state index in [4.69, 9.17) is 14.7 Å². The van der Waals surface area contributed by atoms with Gasteiger partial charge in [-0.2, -0.15) is 5.26 Å². The molecule has 1 amide bonds. The van der Waals surface area contributed by atoms with Crippen molar-refractivity contribution in [2.24, 2.45) is 0 Å². The molecule has 0 saturated heterocycles. The summed E-state index contributed by atoms with van der Waals surface area (Å²) in [6.45, 7) is 3.73. The zero-order valence-corrected chi connectivity index (χ0v) is 15.3.